The van der Waals surface area contributed by atoms with Crippen LogP contribution in [0.2, 0.25) is 0 Å². The Kier molecular flexibility index (Phi) is 5.47. The van der Waals surface area contributed by atoms with E-state index < -0.39 is 0 Å². The molecule has 7 rings (SSSR count). The summed E-state index contributed by atoms with van der Waals surface area (Å²) in [4.78, 5) is 30.1. The summed E-state index contributed by atoms with van der Waals surface area (Å²) in [6.07, 6.45) is 8.96. The van der Waals surface area contributed by atoms with Crippen molar-refractivity contribution in [2.24, 2.45) is 23.2 Å². The van der Waals surface area contributed by atoms with Crippen molar-refractivity contribution in [1.29, 1.82) is 0 Å². The molecule has 1 N–H and O–H groups in total. The van der Waals surface area contributed by atoms with Crippen LogP contribution in [-0.4, -0.2) is 67.7 Å². The Morgan fingerprint density at radius 1 is 0.939 bits per heavy atom. The molecule has 178 valence electrons. The highest BCUT2D eigenvalue weighted by atomic mass is 16.7. The molecule has 6 aliphatic rings. The summed E-state index contributed by atoms with van der Waals surface area (Å²) in [7, 11) is 0. The molecule has 0 radical (unpaired) electrons. The number of benzene rings is 1. The predicted molar refractivity (Wildman–Crippen MR) is 123 cm³/mol. The van der Waals surface area contributed by atoms with Gasteiger partial charge >= 0.3 is 0 Å². The van der Waals surface area contributed by atoms with Crippen molar-refractivity contribution in [3.8, 4) is 11.5 Å². The van der Waals surface area contributed by atoms with E-state index in [1.165, 1.54) is 38.5 Å². The van der Waals surface area contributed by atoms with E-state index in [1.54, 1.807) is 18.2 Å². The third kappa shape index (κ3) is 4.32. The van der Waals surface area contributed by atoms with E-state index in [4.69, 9.17) is 9.47 Å². The van der Waals surface area contributed by atoms with E-state index in [0.717, 1.165) is 56.9 Å². The van der Waals surface area contributed by atoms with E-state index in [9.17, 15) is 9.59 Å². The molecule has 2 amide bonds. The fraction of sp³-hybridized carbons (Fsp3) is 0.692. The van der Waals surface area contributed by atoms with Gasteiger partial charge in [-0.25, -0.2) is 0 Å². The van der Waals surface area contributed by atoms with E-state index in [-0.39, 0.29) is 12.7 Å². The molecule has 4 bridgehead atoms. The van der Waals surface area contributed by atoms with Crippen molar-refractivity contribution >= 4 is 11.8 Å². The van der Waals surface area contributed by atoms with Crippen LogP contribution >= 0.6 is 0 Å². The molecule has 0 atom stereocenters. The van der Waals surface area contributed by atoms with Gasteiger partial charge < -0.3 is 19.7 Å². The fourth-order valence-corrected chi connectivity index (χ4v) is 7.63. The summed E-state index contributed by atoms with van der Waals surface area (Å²) in [5.74, 6) is 4.28. The van der Waals surface area contributed by atoms with E-state index in [0.29, 0.717) is 34.9 Å². The molecule has 4 aliphatic carbocycles. The number of hydrogen-bond acceptors (Lipinski definition) is 5. The zero-order chi connectivity index (χ0) is 22.4. The average molecular weight is 454 g/mol. The summed E-state index contributed by atoms with van der Waals surface area (Å²) in [5, 5.41) is 3.00. The second-order valence-electron chi connectivity index (χ2n) is 11.1. The lowest BCUT2D eigenvalue weighted by molar-refractivity contribution is -0.141. The second-order valence-corrected chi connectivity index (χ2v) is 11.1. The maximum atomic E-state index is 13.2. The molecule has 5 fully saturated rings. The van der Waals surface area contributed by atoms with Crippen LogP contribution < -0.4 is 14.8 Å². The van der Waals surface area contributed by atoms with Gasteiger partial charge in [0.15, 0.2) is 11.5 Å². The van der Waals surface area contributed by atoms with Crippen LogP contribution in [0.25, 0.3) is 0 Å². The third-order valence-electron chi connectivity index (χ3n) is 8.76. The number of amides is 2. The first-order chi connectivity index (χ1) is 16.1. The molecule has 1 saturated heterocycles. The van der Waals surface area contributed by atoms with Crippen LogP contribution in [0.3, 0.4) is 0 Å². The smallest absolute Gasteiger partial charge is 0.251 e. The number of ether oxygens (including phenoxy) is 2. The Morgan fingerprint density at radius 2 is 1.61 bits per heavy atom. The van der Waals surface area contributed by atoms with Gasteiger partial charge in [0.2, 0.25) is 12.7 Å². The van der Waals surface area contributed by atoms with Gasteiger partial charge in [-0.2, -0.15) is 0 Å². The van der Waals surface area contributed by atoms with Gasteiger partial charge in [-0.1, -0.05) is 0 Å². The molecular formula is C26H35N3O4. The first kappa shape index (κ1) is 21.3. The number of piperazine rings is 1. The first-order valence-corrected chi connectivity index (χ1v) is 12.7. The van der Waals surface area contributed by atoms with Crippen molar-refractivity contribution in [3.63, 3.8) is 0 Å². The summed E-state index contributed by atoms with van der Waals surface area (Å²) in [6.45, 7) is 4.97. The van der Waals surface area contributed by atoms with Gasteiger partial charge in [0.05, 0.1) is 0 Å². The Balaban J connectivity index is 0.938. The van der Waals surface area contributed by atoms with Gasteiger partial charge in [0, 0.05) is 51.3 Å². The second kappa shape index (κ2) is 8.49. The maximum Gasteiger partial charge on any atom is 0.251 e. The van der Waals surface area contributed by atoms with E-state index >= 15 is 0 Å². The summed E-state index contributed by atoms with van der Waals surface area (Å²) in [6, 6.07) is 5.26. The van der Waals surface area contributed by atoms with Crippen molar-refractivity contribution in [2.75, 3.05) is 46.1 Å². The number of carbonyl (C=O) groups is 2. The number of nitrogens with zero attached hydrogens (tertiary/aromatic N) is 2. The van der Waals surface area contributed by atoms with E-state index in [1.807, 2.05) is 0 Å². The summed E-state index contributed by atoms with van der Waals surface area (Å²) in [5.41, 5.74) is 0.904. The van der Waals surface area contributed by atoms with Gasteiger partial charge in [-0.05, 0) is 79.9 Å². The summed E-state index contributed by atoms with van der Waals surface area (Å²) >= 11 is 0. The Morgan fingerprint density at radius 3 is 2.30 bits per heavy atom. The Labute approximate surface area is 195 Å². The van der Waals surface area contributed by atoms with Crippen LogP contribution in [0.15, 0.2) is 18.2 Å². The van der Waals surface area contributed by atoms with Gasteiger partial charge in [-0.3, -0.25) is 14.5 Å². The maximum absolute atomic E-state index is 13.2. The number of nitrogens with one attached hydrogen (secondary N) is 1. The summed E-state index contributed by atoms with van der Waals surface area (Å²) < 4.78 is 10.7. The molecule has 1 aromatic rings. The lowest BCUT2D eigenvalue weighted by Gasteiger charge is -2.57. The van der Waals surface area contributed by atoms with E-state index in [2.05, 4.69) is 15.1 Å². The highest BCUT2D eigenvalue weighted by Crippen LogP contribution is 2.61. The Bertz CT molecular complexity index is 889. The van der Waals surface area contributed by atoms with Crippen LogP contribution in [0.4, 0.5) is 0 Å². The Hall–Kier alpha value is -2.28. The molecule has 0 aromatic heterocycles. The molecule has 0 spiro atoms. The number of hydrogen-bond donors (Lipinski definition) is 1. The third-order valence-corrected chi connectivity index (χ3v) is 8.76. The SMILES string of the molecule is O=C(NCCN1CCN(C(=O)CC23CC4CC(CC(C4)C2)C3)CC1)c1ccc2c(c1)OCO2. The largest absolute Gasteiger partial charge is 0.454 e. The van der Waals surface area contributed by atoms with Crippen molar-refractivity contribution < 1.29 is 19.1 Å². The molecule has 7 heteroatoms. The predicted octanol–water partition coefficient (Wildman–Crippen LogP) is 2.90. The molecule has 4 saturated carbocycles. The molecular weight excluding hydrogens is 418 g/mol. The average Bonchev–Trinajstić information content (AvgIpc) is 3.26. The normalized spacial score (nSPS) is 32.2. The zero-order valence-corrected chi connectivity index (χ0v) is 19.4. The van der Waals surface area contributed by atoms with Crippen molar-refractivity contribution in [1.82, 2.24) is 15.1 Å². The van der Waals surface area contributed by atoms with Crippen LogP contribution in [-0.2, 0) is 4.79 Å². The van der Waals surface area contributed by atoms with Crippen LogP contribution in [0, 0.1) is 23.2 Å². The lowest BCUT2D eigenvalue weighted by atomic mass is 9.49. The first-order valence-electron chi connectivity index (χ1n) is 12.7. The molecule has 2 heterocycles. The highest BCUT2D eigenvalue weighted by molar-refractivity contribution is 5.94. The minimum absolute atomic E-state index is 0.0994. The molecule has 2 aliphatic heterocycles. The highest BCUT2D eigenvalue weighted by Gasteiger charge is 2.51. The topological polar surface area (TPSA) is 71.1 Å². The van der Waals surface area contributed by atoms with Gasteiger partial charge in [0.1, 0.15) is 0 Å². The minimum Gasteiger partial charge on any atom is -0.454 e. The monoisotopic (exact) mass is 453 g/mol. The standard InChI is InChI=1S/C26H35N3O4/c30-24(16-26-13-18-9-19(14-26)11-20(10-18)15-26)29-7-5-28(6-8-29)4-3-27-25(31)21-1-2-22-23(12-21)33-17-32-22/h1-2,12,18-20H,3-11,13-17H2,(H,27,31). The minimum atomic E-state index is -0.0994. The quantitative estimate of drug-likeness (QED) is 0.717. The van der Waals surface area contributed by atoms with Gasteiger partial charge in [0.25, 0.3) is 5.91 Å². The van der Waals surface area contributed by atoms with Crippen LogP contribution in [0.5, 0.6) is 11.5 Å². The number of carbonyl (C=O) groups excluding carboxylic acids is 2. The molecule has 0 unspecified atom stereocenters. The number of rotatable bonds is 6. The van der Waals surface area contributed by atoms with Crippen molar-refractivity contribution in [2.45, 2.75) is 44.9 Å². The fourth-order valence-electron chi connectivity index (χ4n) is 7.63. The zero-order valence-electron chi connectivity index (χ0n) is 19.4. The molecule has 1 aromatic carbocycles. The molecule has 7 nitrogen and oxygen atoms in total. The van der Waals surface area contributed by atoms with Crippen LogP contribution in [0.1, 0.15) is 55.3 Å². The van der Waals surface area contributed by atoms with Crippen molar-refractivity contribution in [3.05, 3.63) is 23.8 Å². The number of fused-ring (bicyclic) bond motifs is 1. The lowest BCUT2D eigenvalue weighted by Crippen LogP contribution is -2.52. The molecule has 33 heavy (non-hydrogen) atoms. The van der Waals surface area contributed by atoms with Gasteiger partial charge in [-0.15, -0.1) is 0 Å².